The number of hydrogen-bond donors (Lipinski definition) is 0. The Bertz CT molecular complexity index is 556. The molecule has 3 heteroatoms. The molecule has 0 amide bonds. The SMILES string of the molecule is COc1cccc(C2CCCCN2c2ccccn2)c1. The predicted octanol–water partition coefficient (Wildman–Crippen LogP) is 3.82. The maximum absolute atomic E-state index is 5.35. The smallest absolute Gasteiger partial charge is 0.128 e. The van der Waals surface area contributed by atoms with Crippen LogP contribution in [0.25, 0.3) is 0 Å². The fourth-order valence-corrected chi connectivity index (χ4v) is 2.92. The lowest BCUT2D eigenvalue weighted by Gasteiger charge is -2.37. The summed E-state index contributed by atoms with van der Waals surface area (Å²) >= 11 is 0. The zero-order valence-electron chi connectivity index (χ0n) is 11.8. The predicted molar refractivity (Wildman–Crippen MR) is 81.2 cm³/mol. The Morgan fingerprint density at radius 3 is 2.90 bits per heavy atom. The minimum Gasteiger partial charge on any atom is -0.497 e. The van der Waals surface area contributed by atoms with Gasteiger partial charge in [0.15, 0.2) is 0 Å². The topological polar surface area (TPSA) is 25.4 Å². The number of piperidine rings is 1. The number of aromatic nitrogens is 1. The molecular weight excluding hydrogens is 248 g/mol. The van der Waals surface area contributed by atoms with E-state index in [9.17, 15) is 0 Å². The third kappa shape index (κ3) is 2.62. The fourth-order valence-electron chi connectivity index (χ4n) is 2.92. The van der Waals surface area contributed by atoms with Crippen LogP contribution in [0.3, 0.4) is 0 Å². The second-order valence-corrected chi connectivity index (χ2v) is 5.17. The summed E-state index contributed by atoms with van der Waals surface area (Å²) in [7, 11) is 1.72. The average Bonchev–Trinajstić information content (AvgIpc) is 2.56. The summed E-state index contributed by atoms with van der Waals surface area (Å²) < 4.78 is 5.35. The van der Waals surface area contributed by atoms with E-state index in [1.165, 1.54) is 24.8 Å². The van der Waals surface area contributed by atoms with Gasteiger partial charge < -0.3 is 9.64 Å². The third-order valence-electron chi connectivity index (χ3n) is 3.92. The Morgan fingerprint density at radius 1 is 1.15 bits per heavy atom. The molecule has 1 atom stereocenters. The fraction of sp³-hybridized carbons (Fsp3) is 0.353. The molecule has 0 spiro atoms. The van der Waals surface area contributed by atoms with Crippen LogP contribution in [0.15, 0.2) is 48.7 Å². The van der Waals surface area contributed by atoms with Gasteiger partial charge in [-0.3, -0.25) is 0 Å². The average molecular weight is 268 g/mol. The summed E-state index contributed by atoms with van der Waals surface area (Å²) in [5.41, 5.74) is 1.31. The molecular formula is C17H20N2O. The third-order valence-corrected chi connectivity index (χ3v) is 3.92. The van der Waals surface area contributed by atoms with Crippen molar-refractivity contribution in [1.29, 1.82) is 0 Å². The molecule has 1 aliphatic heterocycles. The van der Waals surface area contributed by atoms with E-state index < -0.39 is 0 Å². The van der Waals surface area contributed by atoms with Crippen molar-refractivity contribution in [2.45, 2.75) is 25.3 Å². The quantitative estimate of drug-likeness (QED) is 0.846. The van der Waals surface area contributed by atoms with Crippen LogP contribution in [-0.2, 0) is 0 Å². The maximum Gasteiger partial charge on any atom is 0.128 e. The minimum atomic E-state index is 0.397. The number of pyridine rings is 1. The molecule has 20 heavy (non-hydrogen) atoms. The molecule has 1 unspecified atom stereocenters. The lowest BCUT2D eigenvalue weighted by molar-refractivity contribution is 0.411. The standard InChI is InChI=1S/C17H20N2O/c1-20-15-8-6-7-14(13-15)16-9-3-5-12-19(16)17-10-2-4-11-18-17/h2,4,6-8,10-11,13,16H,3,5,9,12H2,1H3. The number of rotatable bonds is 3. The van der Waals surface area contributed by atoms with E-state index in [0.29, 0.717) is 6.04 Å². The van der Waals surface area contributed by atoms with E-state index in [1.54, 1.807) is 7.11 Å². The van der Waals surface area contributed by atoms with Gasteiger partial charge in [-0.05, 0) is 49.1 Å². The van der Waals surface area contributed by atoms with Crippen LogP contribution in [0.4, 0.5) is 5.82 Å². The molecule has 2 heterocycles. The highest BCUT2D eigenvalue weighted by molar-refractivity contribution is 5.44. The highest BCUT2D eigenvalue weighted by Gasteiger charge is 2.25. The van der Waals surface area contributed by atoms with Gasteiger partial charge in [-0.2, -0.15) is 0 Å². The monoisotopic (exact) mass is 268 g/mol. The molecule has 0 aliphatic carbocycles. The van der Waals surface area contributed by atoms with Crippen molar-refractivity contribution in [3.63, 3.8) is 0 Å². The highest BCUT2D eigenvalue weighted by atomic mass is 16.5. The van der Waals surface area contributed by atoms with Gasteiger partial charge in [0.05, 0.1) is 13.2 Å². The highest BCUT2D eigenvalue weighted by Crippen LogP contribution is 2.35. The summed E-state index contributed by atoms with van der Waals surface area (Å²) in [6, 6.07) is 14.9. The molecule has 104 valence electrons. The molecule has 1 saturated heterocycles. The van der Waals surface area contributed by atoms with Crippen molar-refractivity contribution >= 4 is 5.82 Å². The molecule has 3 nitrogen and oxygen atoms in total. The number of anilines is 1. The van der Waals surface area contributed by atoms with Gasteiger partial charge in [0, 0.05) is 12.7 Å². The Kier molecular flexibility index (Phi) is 3.86. The summed E-state index contributed by atoms with van der Waals surface area (Å²) in [5, 5.41) is 0. The zero-order chi connectivity index (χ0) is 13.8. The van der Waals surface area contributed by atoms with Gasteiger partial charge in [-0.1, -0.05) is 18.2 Å². The van der Waals surface area contributed by atoms with Gasteiger partial charge in [0.2, 0.25) is 0 Å². The normalized spacial score (nSPS) is 18.9. The van der Waals surface area contributed by atoms with Gasteiger partial charge in [-0.15, -0.1) is 0 Å². The zero-order valence-corrected chi connectivity index (χ0v) is 11.8. The summed E-state index contributed by atoms with van der Waals surface area (Å²) in [5.74, 6) is 1.99. The van der Waals surface area contributed by atoms with E-state index in [1.807, 2.05) is 18.3 Å². The molecule has 0 N–H and O–H groups in total. The van der Waals surface area contributed by atoms with E-state index >= 15 is 0 Å². The van der Waals surface area contributed by atoms with Crippen molar-refractivity contribution in [3.8, 4) is 5.75 Å². The second kappa shape index (κ2) is 5.95. The van der Waals surface area contributed by atoms with Crippen molar-refractivity contribution < 1.29 is 4.74 Å². The summed E-state index contributed by atoms with van der Waals surface area (Å²) in [6.07, 6.45) is 5.54. The number of nitrogens with zero attached hydrogens (tertiary/aromatic N) is 2. The first-order valence-electron chi connectivity index (χ1n) is 7.20. The van der Waals surface area contributed by atoms with Crippen LogP contribution in [0.2, 0.25) is 0 Å². The molecule has 1 aromatic carbocycles. The maximum atomic E-state index is 5.35. The van der Waals surface area contributed by atoms with Gasteiger partial charge in [0.25, 0.3) is 0 Å². The lowest BCUT2D eigenvalue weighted by Crippen LogP contribution is -2.33. The molecule has 1 aliphatic rings. The molecule has 2 aromatic rings. The Balaban J connectivity index is 1.92. The van der Waals surface area contributed by atoms with E-state index in [2.05, 4.69) is 40.2 Å². The molecule has 0 saturated carbocycles. The second-order valence-electron chi connectivity index (χ2n) is 5.17. The largest absolute Gasteiger partial charge is 0.497 e. The first-order chi connectivity index (χ1) is 9.88. The Labute approximate surface area is 120 Å². The van der Waals surface area contributed by atoms with Crippen LogP contribution < -0.4 is 9.64 Å². The number of hydrogen-bond acceptors (Lipinski definition) is 3. The Morgan fingerprint density at radius 2 is 2.10 bits per heavy atom. The van der Waals surface area contributed by atoms with Crippen molar-refractivity contribution in [2.75, 3.05) is 18.6 Å². The van der Waals surface area contributed by atoms with Crippen molar-refractivity contribution in [2.24, 2.45) is 0 Å². The number of methoxy groups -OCH3 is 1. The minimum absolute atomic E-state index is 0.397. The van der Waals surface area contributed by atoms with Crippen molar-refractivity contribution in [1.82, 2.24) is 4.98 Å². The first-order valence-corrected chi connectivity index (χ1v) is 7.20. The van der Waals surface area contributed by atoms with Gasteiger partial charge >= 0.3 is 0 Å². The van der Waals surface area contributed by atoms with E-state index in [4.69, 9.17) is 4.74 Å². The lowest BCUT2D eigenvalue weighted by atomic mass is 9.95. The van der Waals surface area contributed by atoms with E-state index in [-0.39, 0.29) is 0 Å². The van der Waals surface area contributed by atoms with Crippen LogP contribution in [0, 0.1) is 0 Å². The van der Waals surface area contributed by atoms with Gasteiger partial charge in [0.1, 0.15) is 11.6 Å². The van der Waals surface area contributed by atoms with Crippen LogP contribution in [-0.4, -0.2) is 18.6 Å². The van der Waals surface area contributed by atoms with Crippen molar-refractivity contribution in [3.05, 3.63) is 54.2 Å². The number of ether oxygens (including phenoxy) is 1. The molecule has 3 rings (SSSR count). The van der Waals surface area contributed by atoms with Gasteiger partial charge in [-0.25, -0.2) is 4.98 Å². The first kappa shape index (κ1) is 13.0. The van der Waals surface area contributed by atoms with Crippen LogP contribution in [0.5, 0.6) is 5.75 Å². The summed E-state index contributed by atoms with van der Waals surface area (Å²) in [4.78, 5) is 6.93. The molecule has 1 fully saturated rings. The van der Waals surface area contributed by atoms with E-state index in [0.717, 1.165) is 18.1 Å². The van der Waals surface area contributed by atoms with Crippen LogP contribution in [0.1, 0.15) is 30.9 Å². The molecule has 1 aromatic heterocycles. The molecule has 0 bridgehead atoms. The summed E-state index contributed by atoms with van der Waals surface area (Å²) in [6.45, 7) is 1.07. The Hall–Kier alpha value is -2.03. The number of benzene rings is 1. The van der Waals surface area contributed by atoms with Crippen LogP contribution >= 0.6 is 0 Å². The molecule has 0 radical (unpaired) electrons.